The van der Waals surface area contributed by atoms with Crippen molar-refractivity contribution in [2.24, 2.45) is 0 Å². The first-order valence-electron chi connectivity index (χ1n) is 8.42. The van der Waals surface area contributed by atoms with Gasteiger partial charge in [-0.1, -0.05) is 30.0 Å². The highest BCUT2D eigenvalue weighted by molar-refractivity contribution is 7.99. The zero-order valence-electron chi connectivity index (χ0n) is 14.8. The summed E-state index contributed by atoms with van der Waals surface area (Å²) in [5.41, 5.74) is 3.15. The molecule has 0 amide bonds. The summed E-state index contributed by atoms with van der Waals surface area (Å²) in [4.78, 5) is 17.2. The number of benzene rings is 2. The van der Waals surface area contributed by atoms with Crippen LogP contribution in [0.3, 0.4) is 0 Å². The number of thioether (sulfide) groups is 1. The summed E-state index contributed by atoms with van der Waals surface area (Å²) in [6.07, 6.45) is 0. The highest BCUT2D eigenvalue weighted by atomic mass is 32.2. The Morgan fingerprint density at radius 1 is 1.12 bits per heavy atom. The van der Waals surface area contributed by atoms with E-state index in [1.807, 2.05) is 43.3 Å². The van der Waals surface area contributed by atoms with Crippen LogP contribution >= 0.6 is 11.8 Å². The van der Waals surface area contributed by atoms with Crippen molar-refractivity contribution >= 4 is 22.7 Å². The maximum absolute atomic E-state index is 12.6. The van der Waals surface area contributed by atoms with Gasteiger partial charge in [-0.15, -0.1) is 0 Å². The lowest BCUT2D eigenvalue weighted by Gasteiger charge is -2.12. The quantitative estimate of drug-likeness (QED) is 0.378. The highest BCUT2D eigenvalue weighted by Crippen LogP contribution is 2.19. The molecule has 0 saturated heterocycles. The lowest BCUT2D eigenvalue weighted by molar-refractivity contribution is 0.343. The fourth-order valence-electron chi connectivity index (χ4n) is 2.85. The number of para-hydroxylation sites is 1. The van der Waals surface area contributed by atoms with E-state index < -0.39 is 0 Å². The summed E-state index contributed by atoms with van der Waals surface area (Å²) in [5.74, 6) is 1.62. The van der Waals surface area contributed by atoms with Crippen molar-refractivity contribution in [3.8, 4) is 5.75 Å². The SMILES string of the molecule is CCn1c(SCCOc2cc(C)cc(C)c2)nc2ccccc2c1=O. The van der Waals surface area contributed by atoms with Crippen LogP contribution in [0.2, 0.25) is 0 Å². The Bertz CT molecular complexity index is 930. The number of ether oxygens (including phenoxy) is 1. The van der Waals surface area contributed by atoms with Crippen LogP contribution in [0.1, 0.15) is 18.1 Å². The lowest BCUT2D eigenvalue weighted by atomic mass is 10.1. The fourth-order valence-corrected chi connectivity index (χ4v) is 3.73. The molecule has 3 aromatic rings. The third kappa shape index (κ3) is 4.04. The predicted octanol–water partition coefficient (Wildman–Crippen LogP) is 4.20. The van der Waals surface area contributed by atoms with Gasteiger partial charge in [-0.05, 0) is 56.2 Å². The van der Waals surface area contributed by atoms with Gasteiger partial charge in [0.05, 0.1) is 17.5 Å². The molecule has 3 rings (SSSR count). The summed E-state index contributed by atoms with van der Waals surface area (Å²) in [5, 5.41) is 1.41. The fraction of sp³-hybridized carbons (Fsp3) is 0.300. The molecule has 0 aliphatic carbocycles. The summed E-state index contributed by atoms with van der Waals surface area (Å²) >= 11 is 1.56. The molecule has 25 heavy (non-hydrogen) atoms. The molecule has 1 aromatic heterocycles. The number of rotatable bonds is 6. The summed E-state index contributed by atoms with van der Waals surface area (Å²) in [6.45, 7) is 7.27. The van der Waals surface area contributed by atoms with Gasteiger partial charge < -0.3 is 4.74 Å². The highest BCUT2D eigenvalue weighted by Gasteiger charge is 2.10. The first-order valence-corrected chi connectivity index (χ1v) is 9.40. The first kappa shape index (κ1) is 17.5. The molecule has 0 spiro atoms. The van der Waals surface area contributed by atoms with Gasteiger partial charge in [0.15, 0.2) is 5.16 Å². The molecule has 0 atom stereocenters. The van der Waals surface area contributed by atoms with E-state index in [2.05, 4.69) is 24.9 Å². The average Bonchev–Trinajstić information content (AvgIpc) is 2.58. The molecule has 2 aromatic carbocycles. The van der Waals surface area contributed by atoms with E-state index in [0.717, 1.165) is 22.2 Å². The van der Waals surface area contributed by atoms with Crippen molar-refractivity contribution in [1.82, 2.24) is 9.55 Å². The van der Waals surface area contributed by atoms with Gasteiger partial charge in [-0.3, -0.25) is 9.36 Å². The van der Waals surface area contributed by atoms with Crippen LogP contribution in [-0.2, 0) is 6.54 Å². The van der Waals surface area contributed by atoms with E-state index in [1.54, 1.807) is 16.3 Å². The number of hydrogen-bond donors (Lipinski definition) is 0. The van der Waals surface area contributed by atoms with Crippen molar-refractivity contribution in [3.05, 3.63) is 63.9 Å². The maximum atomic E-state index is 12.6. The standard InChI is InChI=1S/C20H22N2O2S/c1-4-22-19(23)17-7-5-6-8-18(17)21-20(22)25-10-9-24-16-12-14(2)11-15(3)13-16/h5-8,11-13H,4,9-10H2,1-3H3. The normalized spacial score (nSPS) is 11.0. The second-order valence-corrected chi connectivity index (χ2v) is 7.04. The Hall–Kier alpha value is -2.27. The minimum atomic E-state index is 0.0193. The molecule has 0 radical (unpaired) electrons. The van der Waals surface area contributed by atoms with E-state index in [4.69, 9.17) is 4.74 Å². The van der Waals surface area contributed by atoms with Gasteiger partial charge in [0.2, 0.25) is 0 Å². The molecule has 130 valence electrons. The lowest BCUT2D eigenvalue weighted by Crippen LogP contribution is -2.22. The zero-order chi connectivity index (χ0) is 17.8. The molecular weight excluding hydrogens is 332 g/mol. The molecule has 1 heterocycles. The summed E-state index contributed by atoms with van der Waals surface area (Å²) < 4.78 is 7.57. The molecule has 0 bridgehead atoms. The largest absolute Gasteiger partial charge is 0.493 e. The van der Waals surface area contributed by atoms with Gasteiger partial charge in [-0.25, -0.2) is 4.98 Å². The summed E-state index contributed by atoms with van der Waals surface area (Å²) in [7, 11) is 0. The zero-order valence-corrected chi connectivity index (χ0v) is 15.6. The second-order valence-electron chi connectivity index (χ2n) is 5.98. The second kappa shape index (κ2) is 7.74. The molecule has 0 aliphatic rings. The Kier molecular flexibility index (Phi) is 5.43. The molecule has 4 nitrogen and oxygen atoms in total. The number of aryl methyl sites for hydroxylation is 2. The van der Waals surface area contributed by atoms with Crippen molar-refractivity contribution in [2.45, 2.75) is 32.5 Å². The van der Waals surface area contributed by atoms with Crippen LogP contribution in [0.5, 0.6) is 5.75 Å². The van der Waals surface area contributed by atoms with Crippen molar-refractivity contribution < 1.29 is 4.74 Å². The van der Waals surface area contributed by atoms with Gasteiger partial charge in [0.1, 0.15) is 5.75 Å². The number of nitrogens with zero attached hydrogens (tertiary/aromatic N) is 2. The molecule has 0 saturated carbocycles. The average molecular weight is 354 g/mol. The van der Waals surface area contributed by atoms with Crippen LogP contribution in [0.15, 0.2) is 52.4 Å². The third-order valence-electron chi connectivity index (χ3n) is 3.92. The molecule has 5 heteroatoms. The van der Waals surface area contributed by atoms with E-state index in [1.165, 1.54) is 11.1 Å². The molecule has 0 unspecified atom stereocenters. The van der Waals surface area contributed by atoms with E-state index in [0.29, 0.717) is 18.5 Å². The molecule has 0 fully saturated rings. The van der Waals surface area contributed by atoms with Crippen LogP contribution in [-0.4, -0.2) is 21.9 Å². The predicted molar refractivity (Wildman–Crippen MR) is 104 cm³/mol. The van der Waals surface area contributed by atoms with Crippen LogP contribution in [0.4, 0.5) is 0 Å². The molecule has 0 N–H and O–H groups in total. The molecular formula is C20H22N2O2S. The van der Waals surface area contributed by atoms with E-state index in [9.17, 15) is 4.79 Å². The van der Waals surface area contributed by atoms with Crippen LogP contribution in [0, 0.1) is 13.8 Å². The van der Waals surface area contributed by atoms with Crippen molar-refractivity contribution in [2.75, 3.05) is 12.4 Å². The first-order chi connectivity index (χ1) is 12.1. The summed E-state index contributed by atoms with van der Waals surface area (Å²) in [6, 6.07) is 13.7. The number of fused-ring (bicyclic) bond motifs is 1. The topological polar surface area (TPSA) is 44.1 Å². The van der Waals surface area contributed by atoms with Gasteiger partial charge in [0, 0.05) is 12.3 Å². The minimum absolute atomic E-state index is 0.0193. The van der Waals surface area contributed by atoms with Crippen LogP contribution < -0.4 is 10.3 Å². The Balaban J connectivity index is 1.71. The third-order valence-corrected chi connectivity index (χ3v) is 4.86. The van der Waals surface area contributed by atoms with Crippen molar-refractivity contribution in [1.29, 1.82) is 0 Å². The van der Waals surface area contributed by atoms with Gasteiger partial charge in [0.25, 0.3) is 5.56 Å². The monoisotopic (exact) mass is 354 g/mol. The Labute approximate surface area is 151 Å². The van der Waals surface area contributed by atoms with E-state index in [-0.39, 0.29) is 5.56 Å². The van der Waals surface area contributed by atoms with Gasteiger partial charge in [-0.2, -0.15) is 0 Å². The smallest absolute Gasteiger partial charge is 0.262 e. The number of aromatic nitrogens is 2. The van der Waals surface area contributed by atoms with Crippen LogP contribution in [0.25, 0.3) is 10.9 Å². The van der Waals surface area contributed by atoms with Gasteiger partial charge >= 0.3 is 0 Å². The Morgan fingerprint density at radius 3 is 2.56 bits per heavy atom. The maximum Gasteiger partial charge on any atom is 0.262 e. The minimum Gasteiger partial charge on any atom is -0.493 e. The molecule has 0 aliphatic heterocycles. The van der Waals surface area contributed by atoms with Crippen molar-refractivity contribution in [3.63, 3.8) is 0 Å². The Morgan fingerprint density at radius 2 is 1.84 bits per heavy atom. The number of hydrogen-bond acceptors (Lipinski definition) is 4. The van der Waals surface area contributed by atoms with E-state index >= 15 is 0 Å².